The molecule has 0 atom stereocenters. The van der Waals surface area contributed by atoms with Gasteiger partial charge in [0.05, 0.1) is 0 Å². The monoisotopic (exact) mass is 346 g/mol. The van der Waals surface area contributed by atoms with E-state index < -0.39 is 0 Å². The lowest BCUT2D eigenvalue weighted by Gasteiger charge is -2.10. The third kappa shape index (κ3) is 4.90. The molecule has 110 valence electrons. The van der Waals surface area contributed by atoms with E-state index in [4.69, 9.17) is 0 Å². The van der Waals surface area contributed by atoms with Crippen molar-refractivity contribution >= 4 is 33.2 Å². The number of carbonyl (C=O) groups excluding carboxylic acids is 1. The van der Waals surface area contributed by atoms with E-state index in [-0.39, 0.29) is 5.91 Å². The first-order valence-electron chi connectivity index (χ1n) is 6.91. The van der Waals surface area contributed by atoms with Crippen LogP contribution in [0.5, 0.6) is 0 Å². The number of hydrogen-bond donors (Lipinski definition) is 2. The van der Waals surface area contributed by atoms with Gasteiger partial charge in [0.2, 0.25) is 5.91 Å². The van der Waals surface area contributed by atoms with Crippen molar-refractivity contribution in [2.45, 2.75) is 20.3 Å². The summed E-state index contributed by atoms with van der Waals surface area (Å²) in [7, 11) is 0. The standard InChI is InChI=1S/C17H19BrN2O/c1-12-3-6-14(7-4-12)20-17(21)9-10-19-16-8-5-13(2)11-15(16)18/h3-8,11,19H,9-10H2,1-2H3,(H,20,21). The first-order valence-corrected chi connectivity index (χ1v) is 7.70. The number of benzene rings is 2. The van der Waals surface area contributed by atoms with Gasteiger partial charge in [0.1, 0.15) is 0 Å². The predicted octanol–water partition coefficient (Wildman–Crippen LogP) is 4.51. The summed E-state index contributed by atoms with van der Waals surface area (Å²) >= 11 is 3.51. The van der Waals surface area contributed by atoms with E-state index in [2.05, 4.69) is 32.6 Å². The van der Waals surface area contributed by atoms with Crippen molar-refractivity contribution in [1.29, 1.82) is 0 Å². The van der Waals surface area contributed by atoms with Crippen LogP contribution in [0, 0.1) is 13.8 Å². The van der Waals surface area contributed by atoms with Gasteiger partial charge >= 0.3 is 0 Å². The lowest BCUT2D eigenvalue weighted by Crippen LogP contribution is -2.16. The minimum Gasteiger partial charge on any atom is -0.384 e. The maximum Gasteiger partial charge on any atom is 0.226 e. The molecule has 0 aliphatic rings. The van der Waals surface area contributed by atoms with E-state index in [0.29, 0.717) is 13.0 Å². The van der Waals surface area contributed by atoms with Crippen LogP contribution in [0.2, 0.25) is 0 Å². The van der Waals surface area contributed by atoms with Crippen LogP contribution in [0.4, 0.5) is 11.4 Å². The van der Waals surface area contributed by atoms with Crippen LogP contribution >= 0.6 is 15.9 Å². The minimum atomic E-state index is 0.00888. The van der Waals surface area contributed by atoms with E-state index in [0.717, 1.165) is 15.8 Å². The second kappa shape index (κ2) is 7.27. The molecule has 0 aromatic heterocycles. The molecule has 0 unspecified atom stereocenters. The van der Waals surface area contributed by atoms with Gasteiger partial charge in [-0.05, 0) is 59.6 Å². The molecule has 2 rings (SSSR count). The fraction of sp³-hybridized carbons (Fsp3) is 0.235. The van der Waals surface area contributed by atoms with Gasteiger partial charge in [-0.3, -0.25) is 4.79 Å². The Balaban J connectivity index is 1.80. The Morgan fingerprint density at radius 3 is 2.38 bits per heavy atom. The molecular formula is C17H19BrN2O. The molecule has 0 bridgehead atoms. The van der Waals surface area contributed by atoms with Crippen molar-refractivity contribution < 1.29 is 4.79 Å². The Kier molecular flexibility index (Phi) is 5.39. The van der Waals surface area contributed by atoms with Gasteiger partial charge in [-0.25, -0.2) is 0 Å². The first-order chi connectivity index (χ1) is 10.0. The molecule has 0 fully saturated rings. The van der Waals surface area contributed by atoms with Crippen LogP contribution in [0.1, 0.15) is 17.5 Å². The molecule has 0 aliphatic heterocycles. The highest BCUT2D eigenvalue weighted by molar-refractivity contribution is 9.10. The number of carbonyl (C=O) groups is 1. The van der Waals surface area contributed by atoms with Crippen LogP contribution in [0.3, 0.4) is 0 Å². The van der Waals surface area contributed by atoms with Gasteiger partial charge in [-0.1, -0.05) is 23.8 Å². The average molecular weight is 347 g/mol. The maximum absolute atomic E-state index is 11.9. The zero-order chi connectivity index (χ0) is 15.2. The van der Waals surface area contributed by atoms with E-state index in [1.165, 1.54) is 11.1 Å². The Hall–Kier alpha value is -1.81. The highest BCUT2D eigenvalue weighted by atomic mass is 79.9. The van der Waals surface area contributed by atoms with Crippen LogP contribution in [0.25, 0.3) is 0 Å². The van der Waals surface area contributed by atoms with Crippen LogP contribution in [0.15, 0.2) is 46.9 Å². The normalized spacial score (nSPS) is 10.2. The average Bonchev–Trinajstić information content (AvgIpc) is 2.44. The van der Waals surface area contributed by atoms with E-state index in [9.17, 15) is 4.79 Å². The van der Waals surface area contributed by atoms with Crippen molar-refractivity contribution in [3.05, 3.63) is 58.1 Å². The highest BCUT2D eigenvalue weighted by Gasteiger charge is 2.03. The molecule has 0 heterocycles. The third-order valence-electron chi connectivity index (χ3n) is 3.13. The number of nitrogens with one attached hydrogen (secondary N) is 2. The molecule has 0 saturated heterocycles. The molecule has 0 spiro atoms. The zero-order valence-corrected chi connectivity index (χ0v) is 13.8. The SMILES string of the molecule is Cc1ccc(NC(=O)CCNc2ccc(C)cc2Br)cc1. The Bertz CT molecular complexity index is 623. The van der Waals surface area contributed by atoms with Gasteiger partial charge in [-0.2, -0.15) is 0 Å². The van der Waals surface area contributed by atoms with Crippen LogP contribution in [-0.4, -0.2) is 12.5 Å². The lowest BCUT2D eigenvalue weighted by molar-refractivity contribution is -0.115. The third-order valence-corrected chi connectivity index (χ3v) is 3.78. The van der Waals surface area contributed by atoms with Crippen molar-refractivity contribution in [1.82, 2.24) is 0 Å². The fourth-order valence-corrected chi connectivity index (χ4v) is 2.57. The fourth-order valence-electron chi connectivity index (χ4n) is 1.93. The second-order valence-electron chi connectivity index (χ2n) is 5.07. The van der Waals surface area contributed by atoms with E-state index >= 15 is 0 Å². The summed E-state index contributed by atoms with van der Waals surface area (Å²) in [5.41, 5.74) is 4.22. The Morgan fingerprint density at radius 2 is 1.71 bits per heavy atom. The smallest absolute Gasteiger partial charge is 0.226 e. The molecule has 21 heavy (non-hydrogen) atoms. The molecule has 2 aromatic rings. The van der Waals surface area contributed by atoms with Crippen molar-refractivity contribution in [2.75, 3.05) is 17.2 Å². The van der Waals surface area contributed by atoms with Crippen molar-refractivity contribution in [2.24, 2.45) is 0 Å². The summed E-state index contributed by atoms with van der Waals surface area (Å²) in [6.07, 6.45) is 0.425. The lowest BCUT2D eigenvalue weighted by atomic mass is 10.2. The zero-order valence-electron chi connectivity index (χ0n) is 12.2. The van der Waals surface area contributed by atoms with Crippen molar-refractivity contribution in [3.63, 3.8) is 0 Å². The van der Waals surface area contributed by atoms with E-state index in [1.807, 2.05) is 50.2 Å². The van der Waals surface area contributed by atoms with Gasteiger partial charge in [-0.15, -0.1) is 0 Å². The van der Waals surface area contributed by atoms with Crippen molar-refractivity contribution in [3.8, 4) is 0 Å². The summed E-state index contributed by atoms with van der Waals surface area (Å²) in [6.45, 7) is 4.66. The number of hydrogen-bond acceptors (Lipinski definition) is 2. The Morgan fingerprint density at radius 1 is 1.05 bits per heavy atom. The van der Waals surface area contributed by atoms with Crippen LogP contribution in [-0.2, 0) is 4.79 Å². The number of aryl methyl sites for hydroxylation is 2. The maximum atomic E-state index is 11.9. The molecule has 1 amide bonds. The largest absolute Gasteiger partial charge is 0.384 e. The van der Waals surface area contributed by atoms with Gasteiger partial charge in [0, 0.05) is 28.8 Å². The minimum absolute atomic E-state index is 0.00888. The number of halogens is 1. The number of anilines is 2. The molecule has 0 saturated carbocycles. The molecular weight excluding hydrogens is 328 g/mol. The topological polar surface area (TPSA) is 41.1 Å². The van der Waals surface area contributed by atoms with Gasteiger partial charge in [0.15, 0.2) is 0 Å². The number of rotatable bonds is 5. The van der Waals surface area contributed by atoms with Gasteiger partial charge in [0.25, 0.3) is 0 Å². The summed E-state index contributed by atoms with van der Waals surface area (Å²) in [4.78, 5) is 11.9. The quantitative estimate of drug-likeness (QED) is 0.836. The van der Waals surface area contributed by atoms with Crippen LogP contribution < -0.4 is 10.6 Å². The predicted molar refractivity (Wildman–Crippen MR) is 91.8 cm³/mol. The van der Waals surface area contributed by atoms with E-state index in [1.54, 1.807) is 0 Å². The summed E-state index contributed by atoms with van der Waals surface area (Å²) in [6, 6.07) is 13.9. The summed E-state index contributed by atoms with van der Waals surface area (Å²) < 4.78 is 1.02. The Labute approximate surface area is 133 Å². The molecule has 0 radical (unpaired) electrons. The number of amides is 1. The molecule has 4 heteroatoms. The molecule has 2 N–H and O–H groups in total. The summed E-state index contributed by atoms with van der Waals surface area (Å²) in [5.74, 6) is 0.00888. The summed E-state index contributed by atoms with van der Waals surface area (Å²) in [5, 5.41) is 6.15. The molecule has 3 nitrogen and oxygen atoms in total. The first kappa shape index (κ1) is 15.6. The molecule has 0 aliphatic carbocycles. The highest BCUT2D eigenvalue weighted by Crippen LogP contribution is 2.23. The molecule has 2 aromatic carbocycles. The van der Waals surface area contributed by atoms with Gasteiger partial charge < -0.3 is 10.6 Å². The second-order valence-corrected chi connectivity index (χ2v) is 5.93.